The number of fused-ring (bicyclic) bond motifs is 1. The Bertz CT molecular complexity index is 1470. The van der Waals surface area contributed by atoms with Gasteiger partial charge in [0.25, 0.3) is 0 Å². The van der Waals surface area contributed by atoms with Gasteiger partial charge in [-0.1, -0.05) is 48.0 Å². The van der Waals surface area contributed by atoms with E-state index in [4.69, 9.17) is 22.4 Å². The smallest absolute Gasteiger partial charge is 0.329 e. The molecule has 0 aliphatic rings. The van der Waals surface area contributed by atoms with Crippen LogP contribution in [-0.2, 0) is 5.41 Å². The molecule has 0 aliphatic heterocycles. The van der Waals surface area contributed by atoms with Gasteiger partial charge in [-0.05, 0) is 60.9 Å². The Balaban J connectivity index is 1.75. The number of nitrogens with zero attached hydrogens (tertiary/aromatic N) is 3. The van der Waals surface area contributed by atoms with Crippen molar-refractivity contribution in [1.82, 2.24) is 9.55 Å². The minimum Gasteiger partial charge on any atom is -0.329 e. The van der Waals surface area contributed by atoms with Gasteiger partial charge in [-0.25, -0.2) is 0 Å². The number of hydrogen-bond donors (Lipinski definition) is 2. The van der Waals surface area contributed by atoms with Crippen LogP contribution in [-0.4, -0.2) is 29.1 Å². The van der Waals surface area contributed by atoms with Crippen LogP contribution in [0.2, 0.25) is 5.02 Å². The molecule has 2 N–H and O–H groups in total. The Morgan fingerprint density at radius 3 is 2.29 bits per heavy atom. The lowest BCUT2D eigenvalue weighted by Gasteiger charge is -2.28. The molecule has 35 heavy (non-hydrogen) atoms. The molecule has 0 saturated carbocycles. The highest BCUT2D eigenvalue weighted by Crippen LogP contribution is 2.41. The number of benzene rings is 3. The zero-order chi connectivity index (χ0) is 25.5. The Kier molecular flexibility index (Phi) is 6.19. The van der Waals surface area contributed by atoms with Crippen molar-refractivity contribution in [2.75, 3.05) is 11.9 Å². The fourth-order valence-corrected chi connectivity index (χ4v) is 4.03. The monoisotopic (exact) mass is 497 g/mol. The van der Waals surface area contributed by atoms with E-state index < -0.39 is 11.6 Å². The van der Waals surface area contributed by atoms with Gasteiger partial charge >= 0.3 is 6.18 Å². The molecule has 5 nitrogen and oxygen atoms in total. The van der Waals surface area contributed by atoms with Crippen molar-refractivity contribution in [3.05, 3.63) is 82.9 Å². The van der Waals surface area contributed by atoms with Gasteiger partial charge in [-0.15, -0.1) is 0 Å². The van der Waals surface area contributed by atoms with E-state index in [0.717, 1.165) is 23.2 Å². The molecule has 4 aromatic rings. The zero-order valence-electron chi connectivity index (χ0n) is 19.3. The van der Waals surface area contributed by atoms with Crippen LogP contribution in [0.1, 0.15) is 19.4 Å². The fraction of sp³-hybridized carbons (Fsp3) is 0.192. The summed E-state index contributed by atoms with van der Waals surface area (Å²) in [5.41, 5.74) is 1.10. The third-order valence-electron chi connectivity index (χ3n) is 6.23. The Hall–Kier alpha value is -3.65. The van der Waals surface area contributed by atoms with Crippen LogP contribution < -0.4 is 10.5 Å². The molecular weight excluding hydrogens is 475 g/mol. The van der Waals surface area contributed by atoms with E-state index in [-0.39, 0.29) is 11.2 Å². The highest BCUT2D eigenvalue weighted by molar-refractivity contribution is 6.31. The van der Waals surface area contributed by atoms with Crippen molar-refractivity contribution in [1.29, 1.82) is 10.8 Å². The average Bonchev–Trinajstić information content (AvgIpc) is 2.82. The van der Waals surface area contributed by atoms with Crippen molar-refractivity contribution in [2.24, 2.45) is 0 Å². The first-order valence-corrected chi connectivity index (χ1v) is 11.1. The van der Waals surface area contributed by atoms with Gasteiger partial charge in [0.05, 0.1) is 17.3 Å². The Morgan fingerprint density at radius 2 is 1.66 bits per heavy atom. The van der Waals surface area contributed by atoms with Crippen LogP contribution in [0.4, 0.5) is 24.7 Å². The lowest BCUT2D eigenvalue weighted by Crippen LogP contribution is -2.36. The summed E-state index contributed by atoms with van der Waals surface area (Å²) >= 11 is 6.16. The average molecular weight is 498 g/mol. The van der Waals surface area contributed by atoms with Gasteiger partial charge < -0.3 is 4.90 Å². The maximum Gasteiger partial charge on any atom is 0.397 e. The van der Waals surface area contributed by atoms with Crippen LogP contribution in [0.3, 0.4) is 0 Å². The molecule has 9 heteroatoms. The highest BCUT2D eigenvalue weighted by Gasteiger charge is 2.48. The summed E-state index contributed by atoms with van der Waals surface area (Å²) in [5, 5.41) is 17.1. The van der Waals surface area contributed by atoms with Gasteiger partial charge in [0.15, 0.2) is 0 Å². The third kappa shape index (κ3) is 4.41. The van der Waals surface area contributed by atoms with E-state index in [9.17, 15) is 13.2 Å². The van der Waals surface area contributed by atoms with Gasteiger partial charge in [0.2, 0.25) is 5.62 Å². The summed E-state index contributed by atoms with van der Waals surface area (Å²) in [6.45, 7) is 2.34. The lowest BCUT2D eigenvalue weighted by atomic mass is 9.83. The molecule has 0 saturated heterocycles. The predicted molar refractivity (Wildman–Crippen MR) is 134 cm³/mol. The Morgan fingerprint density at radius 1 is 0.971 bits per heavy atom. The molecule has 0 amide bonds. The molecule has 0 radical (unpaired) electrons. The standard InChI is InChI=1S/C26H23ClF3N5/c1-25(2,26(28,29)30)18-9-7-16(8-10-18)17-5-4-6-20(13-17)34(3)23-21-12-11-19(27)14-22(21)35(15-31)24(32)33-23/h4-15,31-32H,1-3H3. The SMILES string of the molecule is CN(c1cccc(-c2ccc(C(C)(C)C(F)(F)F)cc2)c1)c1nc(=N)n(C=N)c2cc(Cl)ccc12. The topological polar surface area (TPSA) is 68.8 Å². The van der Waals surface area contributed by atoms with E-state index >= 15 is 0 Å². The fourth-order valence-electron chi connectivity index (χ4n) is 3.87. The summed E-state index contributed by atoms with van der Waals surface area (Å²) in [6, 6.07) is 19.1. The van der Waals surface area contributed by atoms with E-state index in [2.05, 4.69) is 4.98 Å². The maximum absolute atomic E-state index is 13.4. The predicted octanol–water partition coefficient (Wildman–Crippen LogP) is 6.90. The van der Waals surface area contributed by atoms with Crippen molar-refractivity contribution in [2.45, 2.75) is 25.4 Å². The van der Waals surface area contributed by atoms with Crippen molar-refractivity contribution < 1.29 is 13.2 Å². The van der Waals surface area contributed by atoms with Crippen LogP contribution in [0, 0.1) is 10.8 Å². The minimum absolute atomic E-state index is 0.115. The quantitative estimate of drug-likeness (QED) is 0.232. The second kappa shape index (κ2) is 8.85. The van der Waals surface area contributed by atoms with Gasteiger partial charge in [-0.3, -0.25) is 15.4 Å². The molecular formula is C26H23ClF3N5. The number of halogens is 4. The van der Waals surface area contributed by atoms with Gasteiger partial charge in [0, 0.05) is 23.1 Å². The van der Waals surface area contributed by atoms with Crippen LogP contribution in [0.15, 0.2) is 66.7 Å². The summed E-state index contributed by atoms with van der Waals surface area (Å²) in [7, 11) is 1.82. The largest absolute Gasteiger partial charge is 0.397 e. The molecule has 3 aromatic carbocycles. The minimum atomic E-state index is -4.35. The molecule has 0 aliphatic carbocycles. The molecule has 4 rings (SSSR count). The number of anilines is 2. The molecule has 0 atom stereocenters. The van der Waals surface area contributed by atoms with E-state index in [0.29, 0.717) is 21.7 Å². The maximum atomic E-state index is 13.4. The molecule has 180 valence electrons. The first-order valence-electron chi connectivity index (χ1n) is 10.7. The zero-order valence-corrected chi connectivity index (χ0v) is 20.0. The first-order chi connectivity index (χ1) is 16.4. The summed E-state index contributed by atoms with van der Waals surface area (Å²) in [6.07, 6.45) is -3.33. The normalized spacial score (nSPS) is 12.1. The molecule has 0 bridgehead atoms. The number of rotatable bonds is 5. The Labute approximate surface area is 205 Å². The second-order valence-corrected chi connectivity index (χ2v) is 9.17. The lowest BCUT2D eigenvalue weighted by molar-refractivity contribution is -0.180. The van der Waals surface area contributed by atoms with Crippen molar-refractivity contribution in [3.8, 4) is 11.1 Å². The van der Waals surface area contributed by atoms with Crippen LogP contribution in [0.5, 0.6) is 0 Å². The molecule has 1 heterocycles. The molecule has 0 fully saturated rings. The van der Waals surface area contributed by atoms with Gasteiger partial charge in [-0.2, -0.15) is 18.2 Å². The number of nitrogens with one attached hydrogen (secondary N) is 2. The van der Waals surface area contributed by atoms with E-state index in [1.165, 1.54) is 30.5 Å². The molecule has 0 unspecified atom stereocenters. The van der Waals surface area contributed by atoms with Crippen LogP contribution in [0.25, 0.3) is 22.0 Å². The molecule has 0 spiro atoms. The third-order valence-corrected chi connectivity index (χ3v) is 6.46. The summed E-state index contributed by atoms with van der Waals surface area (Å²) < 4.78 is 41.6. The second-order valence-electron chi connectivity index (χ2n) is 8.73. The first kappa shape index (κ1) is 24.5. The highest BCUT2D eigenvalue weighted by atomic mass is 35.5. The molecule has 1 aromatic heterocycles. The van der Waals surface area contributed by atoms with Crippen molar-refractivity contribution >= 4 is 40.3 Å². The number of aromatic nitrogens is 2. The van der Waals surface area contributed by atoms with E-state index in [1.54, 1.807) is 30.3 Å². The number of hydrogen-bond acceptors (Lipinski definition) is 4. The summed E-state index contributed by atoms with van der Waals surface area (Å²) in [5.74, 6) is 0.513. The number of alkyl halides is 3. The van der Waals surface area contributed by atoms with E-state index in [1.807, 2.05) is 36.2 Å². The van der Waals surface area contributed by atoms with Crippen molar-refractivity contribution in [3.63, 3.8) is 0 Å². The van der Waals surface area contributed by atoms with Gasteiger partial charge in [0.1, 0.15) is 5.82 Å². The van der Waals surface area contributed by atoms with Crippen LogP contribution >= 0.6 is 11.6 Å². The summed E-state index contributed by atoms with van der Waals surface area (Å²) in [4.78, 5) is 6.22.